The van der Waals surface area contributed by atoms with Gasteiger partial charge in [-0.05, 0) is 49.1 Å². The quantitative estimate of drug-likeness (QED) is 0.690. The van der Waals surface area contributed by atoms with Gasteiger partial charge in [0, 0.05) is 37.4 Å². The van der Waals surface area contributed by atoms with Gasteiger partial charge in [0.25, 0.3) is 0 Å². The Balaban J connectivity index is 1.60. The summed E-state index contributed by atoms with van der Waals surface area (Å²) < 4.78 is 12.8. The number of hydrogen-bond donors (Lipinski definition) is 1. The standard InChI is InChI=1S/C23H26N4O4/c1-15-21-19(16-2-4-17(5-3-16)26-8-12-31-13-9-26)14-20(23(28)29)24-22(21)27(25-15)18-6-10-30-11-7-18/h2-5,14,18H,6-13H2,1H3,(H,28,29). The predicted molar refractivity (Wildman–Crippen MR) is 117 cm³/mol. The van der Waals surface area contributed by atoms with Gasteiger partial charge in [-0.15, -0.1) is 0 Å². The summed E-state index contributed by atoms with van der Waals surface area (Å²) in [6.45, 7) is 6.54. The highest BCUT2D eigenvalue weighted by molar-refractivity contribution is 5.99. The van der Waals surface area contributed by atoms with Crippen LogP contribution in [0.5, 0.6) is 0 Å². The molecule has 0 spiro atoms. The zero-order valence-corrected chi connectivity index (χ0v) is 17.6. The number of fused-ring (bicyclic) bond motifs is 1. The van der Waals surface area contributed by atoms with Crippen LogP contribution < -0.4 is 4.90 Å². The van der Waals surface area contributed by atoms with Gasteiger partial charge in [-0.25, -0.2) is 14.5 Å². The van der Waals surface area contributed by atoms with Crippen molar-refractivity contribution in [2.75, 3.05) is 44.4 Å². The molecule has 0 unspecified atom stereocenters. The highest BCUT2D eigenvalue weighted by atomic mass is 16.5. The van der Waals surface area contributed by atoms with E-state index in [0.717, 1.165) is 67.0 Å². The first kappa shape index (κ1) is 20.0. The van der Waals surface area contributed by atoms with E-state index in [9.17, 15) is 9.90 Å². The molecule has 8 heteroatoms. The molecular formula is C23H26N4O4. The molecule has 2 aromatic heterocycles. The minimum atomic E-state index is -1.04. The number of ether oxygens (including phenoxy) is 2. The lowest BCUT2D eigenvalue weighted by molar-refractivity contribution is 0.0667. The second-order valence-electron chi connectivity index (χ2n) is 8.08. The van der Waals surface area contributed by atoms with E-state index in [-0.39, 0.29) is 11.7 Å². The van der Waals surface area contributed by atoms with Gasteiger partial charge in [-0.1, -0.05) is 12.1 Å². The van der Waals surface area contributed by atoms with Gasteiger partial charge in [0.2, 0.25) is 0 Å². The second-order valence-corrected chi connectivity index (χ2v) is 8.08. The number of nitrogens with zero attached hydrogens (tertiary/aromatic N) is 4. The first-order valence-corrected chi connectivity index (χ1v) is 10.8. The Labute approximate surface area is 180 Å². The highest BCUT2D eigenvalue weighted by Gasteiger charge is 2.24. The summed E-state index contributed by atoms with van der Waals surface area (Å²) in [4.78, 5) is 18.6. The number of carboxylic acids is 1. The summed E-state index contributed by atoms with van der Waals surface area (Å²) in [5.41, 5.74) is 4.49. The summed E-state index contributed by atoms with van der Waals surface area (Å²) >= 11 is 0. The van der Waals surface area contributed by atoms with Crippen LogP contribution in [0.2, 0.25) is 0 Å². The van der Waals surface area contributed by atoms with Gasteiger partial charge < -0.3 is 19.5 Å². The van der Waals surface area contributed by atoms with E-state index in [0.29, 0.717) is 18.9 Å². The Morgan fingerprint density at radius 2 is 1.74 bits per heavy atom. The third-order valence-electron chi connectivity index (χ3n) is 6.15. The number of rotatable bonds is 4. The van der Waals surface area contributed by atoms with Crippen molar-refractivity contribution in [1.29, 1.82) is 0 Å². The molecule has 0 bridgehead atoms. The van der Waals surface area contributed by atoms with E-state index in [4.69, 9.17) is 14.6 Å². The number of morpholine rings is 1. The van der Waals surface area contributed by atoms with E-state index in [2.05, 4.69) is 34.1 Å². The Morgan fingerprint density at radius 1 is 1.06 bits per heavy atom. The largest absolute Gasteiger partial charge is 0.477 e. The number of carbonyl (C=O) groups is 1. The van der Waals surface area contributed by atoms with Crippen LogP contribution in [-0.2, 0) is 9.47 Å². The summed E-state index contributed by atoms with van der Waals surface area (Å²) in [6, 6.07) is 10.1. The van der Waals surface area contributed by atoms with E-state index >= 15 is 0 Å². The van der Waals surface area contributed by atoms with Crippen LogP contribution in [-0.4, -0.2) is 65.4 Å². The number of carboxylic acid groups (broad SMARTS) is 1. The fourth-order valence-electron chi connectivity index (χ4n) is 4.51. The lowest BCUT2D eigenvalue weighted by atomic mass is 10.0. The predicted octanol–water partition coefficient (Wildman–Crippen LogP) is 3.29. The Kier molecular flexibility index (Phi) is 5.33. The molecule has 8 nitrogen and oxygen atoms in total. The van der Waals surface area contributed by atoms with Crippen molar-refractivity contribution in [3.63, 3.8) is 0 Å². The van der Waals surface area contributed by atoms with Gasteiger partial charge in [0.15, 0.2) is 11.3 Å². The zero-order valence-electron chi connectivity index (χ0n) is 17.6. The number of aromatic carboxylic acids is 1. The summed E-state index contributed by atoms with van der Waals surface area (Å²) in [5.74, 6) is -1.04. The first-order valence-electron chi connectivity index (χ1n) is 10.8. The van der Waals surface area contributed by atoms with Crippen molar-refractivity contribution in [3.8, 4) is 11.1 Å². The molecule has 1 aromatic carbocycles. The van der Waals surface area contributed by atoms with E-state index < -0.39 is 5.97 Å². The molecule has 2 fully saturated rings. The topological polar surface area (TPSA) is 89.7 Å². The molecule has 2 aliphatic rings. The molecule has 0 saturated carbocycles. The highest BCUT2D eigenvalue weighted by Crippen LogP contribution is 2.34. The summed E-state index contributed by atoms with van der Waals surface area (Å²) in [7, 11) is 0. The van der Waals surface area contributed by atoms with Gasteiger partial charge in [0.05, 0.1) is 24.9 Å². The van der Waals surface area contributed by atoms with Gasteiger partial charge in [0.1, 0.15) is 0 Å². The molecule has 0 aliphatic carbocycles. The molecule has 0 radical (unpaired) electrons. The molecule has 162 valence electrons. The van der Waals surface area contributed by atoms with Crippen LogP contribution in [0, 0.1) is 6.92 Å². The van der Waals surface area contributed by atoms with Crippen molar-refractivity contribution in [3.05, 3.63) is 41.7 Å². The minimum absolute atomic E-state index is 0.0352. The van der Waals surface area contributed by atoms with Gasteiger partial charge in [-0.3, -0.25) is 0 Å². The van der Waals surface area contributed by atoms with Crippen molar-refractivity contribution in [2.24, 2.45) is 0 Å². The molecule has 4 heterocycles. The van der Waals surface area contributed by atoms with Crippen LogP contribution in [0.15, 0.2) is 30.3 Å². The van der Waals surface area contributed by atoms with E-state index in [1.54, 1.807) is 6.07 Å². The average molecular weight is 422 g/mol. The van der Waals surface area contributed by atoms with Crippen LogP contribution >= 0.6 is 0 Å². The van der Waals surface area contributed by atoms with Crippen LogP contribution in [0.3, 0.4) is 0 Å². The molecule has 2 saturated heterocycles. The number of aryl methyl sites for hydroxylation is 1. The van der Waals surface area contributed by atoms with Crippen LogP contribution in [0.1, 0.15) is 35.1 Å². The van der Waals surface area contributed by atoms with Gasteiger partial charge >= 0.3 is 5.97 Å². The first-order chi connectivity index (χ1) is 15.1. The maximum Gasteiger partial charge on any atom is 0.354 e. The molecule has 0 amide bonds. The molecule has 0 atom stereocenters. The fourth-order valence-corrected chi connectivity index (χ4v) is 4.51. The number of benzene rings is 1. The van der Waals surface area contributed by atoms with Crippen molar-refractivity contribution < 1.29 is 19.4 Å². The minimum Gasteiger partial charge on any atom is -0.477 e. The van der Waals surface area contributed by atoms with E-state index in [1.807, 2.05) is 11.6 Å². The monoisotopic (exact) mass is 422 g/mol. The zero-order chi connectivity index (χ0) is 21.4. The molecule has 31 heavy (non-hydrogen) atoms. The average Bonchev–Trinajstić information content (AvgIpc) is 3.16. The third kappa shape index (κ3) is 3.77. The number of aromatic nitrogens is 3. The van der Waals surface area contributed by atoms with Crippen LogP contribution in [0.25, 0.3) is 22.2 Å². The Hall–Kier alpha value is -2.97. The maximum atomic E-state index is 11.9. The fraction of sp³-hybridized carbons (Fsp3) is 0.435. The smallest absolute Gasteiger partial charge is 0.354 e. The SMILES string of the molecule is Cc1nn(C2CCOCC2)c2nc(C(=O)O)cc(-c3ccc(N4CCOCC4)cc3)c12. The van der Waals surface area contributed by atoms with Crippen molar-refractivity contribution in [2.45, 2.75) is 25.8 Å². The van der Waals surface area contributed by atoms with Crippen LogP contribution in [0.4, 0.5) is 5.69 Å². The lowest BCUT2D eigenvalue weighted by Crippen LogP contribution is -2.36. The number of anilines is 1. The summed E-state index contributed by atoms with van der Waals surface area (Å²) in [5, 5.41) is 15.4. The van der Waals surface area contributed by atoms with Crippen molar-refractivity contribution in [1.82, 2.24) is 14.8 Å². The lowest BCUT2D eigenvalue weighted by Gasteiger charge is -2.29. The normalized spacial score (nSPS) is 17.9. The molecule has 5 rings (SSSR count). The molecule has 1 N–H and O–H groups in total. The molecular weight excluding hydrogens is 396 g/mol. The van der Waals surface area contributed by atoms with E-state index in [1.165, 1.54) is 0 Å². The maximum absolute atomic E-state index is 11.9. The Morgan fingerprint density at radius 3 is 2.42 bits per heavy atom. The van der Waals surface area contributed by atoms with Crippen molar-refractivity contribution >= 4 is 22.7 Å². The molecule has 3 aromatic rings. The number of pyridine rings is 1. The second kappa shape index (κ2) is 8.28. The summed E-state index contributed by atoms with van der Waals surface area (Å²) in [6.07, 6.45) is 1.69. The number of hydrogen-bond acceptors (Lipinski definition) is 6. The molecule has 2 aliphatic heterocycles. The third-order valence-corrected chi connectivity index (χ3v) is 6.15. The van der Waals surface area contributed by atoms with Gasteiger partial charge in [-0.2, -0.15) is 5.10 Å². The Bertz CT molecular complexity index is 1100.